The summed E-state index contributed by atoms with van der Waals surface area (Å²) in [7, 11) is 0. The third kappa shape index (κ3) is 4.67. The summed E-state index contributed by atoms with van der Waals surface area (Å²) in [6, 6.07) is 15.4. The summed E-state index contributed by atoms with van der Waals surface area (Å²) >= 11 is 6.61. The number of pyridine rings is 1. The minimum atomic E-state index is -0.0758. The maximum absolute atomic E-state index is 12.3. The fourth-order valence-corrected chi connectivity index (χ4v) is 4.12. The summed E-state index contributed by atoms with van der Waals surface area (Å²) in [6.45, 7) is 0. The van der Waals surface area contributed by atoms with Crippen molar-refractivity contribution >= 4 is 50.6 Å². The molecule has 3 rings (SSSR count). The van der Waals surface area contributed by atoms with Crippen LogP contribution < -0.4 is 5.32 Å². The number of carbonyl (C=O) groups is 1. The van der Waals surface area contributed by atoms with E-state index in [-0.39, 0.29) is 5.91 Å². The molecule has 23 heavy (non-hydrogen) atoms. The molecule has 3 nitrogen and oxygen atoms in total. The van der Waals surface area contributed by atoms with E-state index in [9.17, 15) is 4.79 Å². The van der Waals surface area contributed by atoms with Crippen molar-refractivity contribution in [3.63, 3.8) is 0 Å². The molecule has 0 saturated heterocycles. The lowest BCUT2D eigenvalue weighted by Gasteiger charge is -2.03. The van der Waals surface area contributed by atoms with Gasteiger partial charge in [-0.3, -0.25) is 9.78 Å². The van der Waals surface area contributed by atoms with Gasteiger partial charge in [-0.2, -0.15) is 0 Å². The quantitative estimate of drug-likeness (QED) is 0.574. The molecule has 1 N–H and O–H groups in total. The Morgan fingerprint density at radius 3 is 2.57 bits per heavy atom. The summed E-state index contributed by atoms with van der Waals surface area (Å²) in [4.78, 5) is 17.0. The van der Waals surface area contributed by atoms with Crippen LogP contribution in [0.4, 0.5) is 5.69 Å². The fourth-order valence-electron chi connectivity index (χ4n) is 1.88. The zero-order chi connectivity index (χ0) is 16.1. The normalized spacial score (nSPS) is 10.5. The molecule has 0 fully saturated rings. The van der Waals surface area contributed by atoms with E-state index >= 15 is 0 Å². The number of hydrogen-bond donors (Lipinski definition) is 1. The fraction of sp³-hybridized carbons (Fsp3) is 0.0588. The largest absolute Gasteiger partial charge is 0.321 e. The van der Waals surface area contributed by atoms with Crippen molar-refractivity contribution in [3.8, 4) is 0 Å². The van der Waals surface area contributed by atoms with Crippen molar-refractivity contribution in [2.24, 2.45) is 0 Å². The van der Waals surface area contributed by atoms with Gasteiger partial charge in [0.15, 0.2) is 0 Å². The van der Waals surface area contributed by atoms with Gasteiger partial charge >= 0.3 is 0 Å². The van der Waals surface area contributed by atoms with E-state index in [1.165, 1.54) is 16.9 Å². The first-order valence-corrected chi connectivity index (χ1v) is 9.49. The van der Waals surface area contributed by atoms with Crippen molar-refractivity contribution in [1.29, 1.82) is 0 Å². The number of carbonyl (C=O) groups excluding carboxylic acids is 1. The van der Waals surface area contributed by atoms with Gasteiger partial charge in [0, 0.05) is 28.3 Å². The summed E-state index contributed by atoms with van der Waals surface area (Å²) < 4.78 is 2.11. The number of amides is 1. The molecule has 0 aliphatic carbocycles. The Kier molecular flexibility index (Phi) is 5.48. The van der Waals surface area contributed by atoms with Crippen molar-refractivity contribution in [3.05, 3.63) is 75.8 Å². The molecule has 2 heterocycles. The third-order valence-electron chi connectivity index (χ3n) is 3.04. The van der Waals surface area contributed by atoms with Gasteiger partial charge in [-0.15, -0.1) is 23.1 Å². The second kappa shape index (κ2) is 7.77. The second-order valence-electron chi connectivity index (χ2n) is 4.72. The molecule has 0 atom stereocenters. The minimum Gasteiger partial charge on any atom is -0.321 e. The Balaban J connectivity index is 1.59. The van der Waals surface area contributed by atoms with Crippen LogP contribution in [0.5, 0.6) is 0 Å². The molecule has 0 radical (unpaired) electrons. The number of thiophene rings is 1. The molecule has 0 unspecified atom stereocenters. The molecule has 3 aromatic rings. The first kappa shape index (κ1) is 16.2. The molecule has 6 heteroatoms. The third-order valence-corrected chi connectivity index (χ3v) is 5.95. The second-order valence-corrected chi connectivity index (χ2v) is 8.00. The number of nitrogens with one attached hydrogen (secondary N) is 1. The number of halogens is 1. The highest BCUT2D eigenvalue weighted by molar-refractivity contribution is 9.10. The molecule has 1 aromatic carbocycles. The number of anilines is 1. The lowest BCUT2D eigenvalue weighted by Crippen LogP contribution is -2.09. The predicted octanol–water partition coefficient (Wildman–Crippen LogP) is 5.45. The number of thioether (sulfide) groups is 1. The molecule has 0 aliphatic heterocycles. The van der Waals surface area contributed by atoms with Gasteiger partial charge in [0.2, 0.25) is 0 Å². The van der Waals surface area contributed by atoms with Crippen LogP contribution >= 0.6 is 39.0 Å². The summed E-state index contributed by atoms with van der Waals surface area (Å²) in [5.41, 5.74) is 2.01. The van der Waals surface area contributed by atoms with Crippen LogP contribution in [-0.4, -0.2) is 10.9 Å². The Labute approximate surface area is 151 Å². The summed E-state index contributed by atoms with van der Waals surface area (Å²) in [5, 5.41) is 2.91. The van der Waals surface area contributed by atoms with Crippen LogP contribution in [-0.2, 0) is 5.75 Å². The molecule has 0 saturated carbocycles. The van der Waals surface area contributed by atoms with E-state index in [0.717, 1.165) is 20.1 Å². The molecule has 1 amide bonds. The minimum absolute atomic E-state index is 0.0758. The Morgan fingerprint density at radius 2 is 1.83 bits per heavy atom. The summed E-state index contributed by atoms with van der Waals surface area (Å²) in [6.07, 6.45) is 3.59. The van der Waals surface area contributed by atoms with Gasteiger partial charge in [0.1, 0.15) is 0 Å². The van der Waals surface area contributed by atoms with Crippen molar-refractivity contribution < 1.29 is 4.79 Å². The first-order chi connectivity index (χ1) is 11.2. The highest BCUT2D eigenvalue weighted by Crippen LogP contribution is 2.30. The molecule has 0 bridgehead atoms. The van der Waals surface area contributed by atoms with Crippen LogP contribution in [0.2, 0.25) is 0 Å². The Bertz CT molecular complexity index is 788. The molecular formula is C17H13BrN2OS2. The lowest BCUT2D eigenvalue weighted by atomic mass is 10.3. The van der Waals surface area contributed by atoms with Crippen LogP contribution in [0.1, 0.15) is 15.2 Å². The van der Waals surface area contributed by atoms with E-state index in [1.807, 2.05) is 48.5 Å². The first-order valence-electron chi connectivity index (χ1n) is 6.89. The Morgan fingerprint density at radius 1 is 1.09 bits per heavy atom. The number of aromatic nitrogens is 1. The lowest BCUT2D eigenvalue weighted by molar-refractivity contribution is 0.103. The van der Waals surface area contributed by atoms with Gasteiger partial charge in [-0.1, -0.05) is 15.9 Å². The monoisotopic (exact) mass is 404 g/mol. The standard InChI is InChI=1S/C17H13BrN2OS2/c18-13-1-3-14(4-2-13)20-17(21)15-5-6-16(23-15)22-11-12-7-9-19-10-8-12/h1-10H,11H2,(H,20,21). The molecule has 0 spiro atoms. The van der Waals surface area contributed by atoms with Gasteiger partial charge in [0.25, 0.3) is 5.91 Å². The van der Waals surface area contributed by atoms with E-state index < -0.39 is 0 Å². The van der Waals surface area contributed by atoms with Crippen LogP contribution in [0, 0.1) is 0 Å². The summed E-state index contributed by atoms with van der Waals surface area (Å²) in [5.74, 6) is 0.796. The van der Waals surface area contributed by atoms with Crippen molar-refractivity contribution in [2.45, 2.75) is 9.96 Å². The highest BCUT2D eigenvalue weighted by Gasteiger charge is 2.10. The topological polar surface area (TPSA) is 42.0 Å². The SMILES string of the molecule is O=C(Nc1ccc(Br)cc1)c1ccc(SCc2ccncc2)s1. The van der Waals surface area contributed by atoms with Gasteiger partial charge in [-0.05, 0) is 54.1 Å². The van der Waals surface area contributed by atoms with E-state index in [1.54, 1.807) is 24.2 Å². The average molecular weight is 405 g/mol. The molecule has 0 aliphatic rings. The van der Waals surface area contributed by atoms with E-state index in [0.29, 0.717) is 4.88 Å². The van der Waals surface area contributed by atoms with E-state index in [2.05, 4.69) is 26.2 Å². The number of nitrogens with zero attached hydrogens (tertiary/aromatic N) is 1. The average Bonchev–Trinajstić information content (AvgIpc) is 3.05. The van der Waals surface area contributed by atoms with E-state index in [4.69, 9.17) is 0 Å². The van der Waals surface area contributed by atoms with Crippen LogP contribution in [0.3, 0.4) is 0 Å². The maximum atomic E-state index is 12.3. The van der Waals surface area contributed by atoms with Gasteiger partial charge in [0.05, 0.1) is 9.09 Å². The maximum Gasteiger partial charge on any atom is 0.265 e. The molecule has 2 aromatic heterocycles. The smallest absolute Gasteiger partial charge is 0.265 e. The van der Waals surface area contributed by atoms with Gasteiger partial charge in [-0.25, -0.2) is 0 Å². The Hall–Kier alpha value is -1.63. The number of hydrogen-bond acceptors (Lipinski definition) is 4. The van der Waals surface area contributed by atoms with Crippen molar-refractivity contribution in [1.82, 2.24) is 4.98 Å². The van der Waals surface area contributed by atoms with Gasteiger partial charge < -0.3 is 5.32 Å². The highest BCUT2D eigenvalue weighted by atomic mass is 79.9. The van der Waals surface area contributed by atoms with Crippen molar-refractivity contribution in [2.75, 3.05) is 5.32 Å². The zero-order valence-corrected chi connectivity index (χ0v) is 15.2. The zero-order valence-electron chi connectivity index (χ0n) is 12.0. The van der Waals surface area contributed by atoms with Crippen LogP contribution in [0.15, 0.2) is 69.6 Å². The molecular weight excluding hydrogens is 392 g/mol. The number of rotatable bonds is 5. The number of benzene rings is 1. The van der Waals surface area contributed by atoms with Crippen LogP contribution in [0.25, 0.3) is 0 Å². The predicted molar refractivity (Wildman–Crippen MR) is 100 cm³/mol. The molecule has 116 valence electrons.